The number of amides is 1. The van der Waals surface area contributed by atoms with E-state index in [0.717, 1.165) is 68.8 Å². The minimum Gasteiger partial charge on any atom is -0.376 e. The van der Waals surface area contributed by atoms with E-state index in [-0.39, 0.29) is 42.5 Å². The highest BCUT2D eigenvalue weighted by molar-refractivity contribution is 14.0. The molecule has 1 atom stereocenters. The van der Waals surface area contributed by atoms with Crippen LogP contribution in [0.3, 0.4) is 0 Å². The number of hydrogen-bond acceptors (Lipinski definition) is 4. The third-order valence-corrected chi connectivity index (χ3v) is 5.47. The van der Waals surface area contributed by atoms with Crippen LogP contribution in [0, 0.1) is 0 Å². The molecule has 7 nitrogen and oxygen atoms in total. The molecule has 2 fully saturated rings. The Kier molecular flexibility index (Phi) is 9.78. The standard InChI is InChI=1S/C20H30ClN5O2.HI/c1-24(2)19(27)15-23-20(22-14-16-6-5-13-28-16)26-11-9-25(10-12-26)18-8-4-3-7-17(18)21;/h3-4,7-8,16H,5-6,9-15H2,1-2H3,(H,22,23);1H. The first-order valence-electron chi connectivity index (χ1n) is 9.89. The normalized spacial score (nSPS) is 19.7. The van der Waals surface area contributed by atoms with Crippen LogP contribution in [0.25, 0.3) is 0 Å². The fourth-order valence-electron chi connectivity index (χ4n) is 3.43. The van der Waals surface area contributed by atoms with E-state index in [1.165, 1.54) is 0 Å². The van der Waals surface area contributed by atoms with E-state index in [9.17, 15) is 4.79 Å². The van der Waals surface area contributed by atoms with E-state index in [2.05, 4.69) is 26.2 Å². The minimum absolute atomic E-state index is 0. The monoisotopic (exact) mass is 535 g/mol. The van der Waals surface area contributed by atoms with Gasteiger partial charge >= 0.3 is 0 Å². The molecule has 29 heavy (non-hydrogen) atoms. The van der Waals surface area contributed by atoms with E-state index in [0.29, 0.717) is 0 Å². The van der Waals surface area contributed by atoms with Crippen LogP contribution in [0.5, 0.6) is 0 Å². The smallest absolute Gasteiger partial charge is 0.243 e. The Morgan fingerprint density at radius 1 is 1.28 bits per heavy atom. The molecule has 1 unspecified atom stereocenters. The van der Waals surface area contributed by atoms with E-state index in [1.54, 1.807) is 19.0 Å². The molecule has 3 rings (SSSR count). The molecule has 1 amide bonds. The van der Waals surface area contributed by atoms with Gasteiger partial charge in [0.1, 0.15) is 6.54 Å². The quantitative estimate of drug-likeness (QED) is 0.356. The molecule has 2 saturated heterocycles. The summed E-state index contributed by atoms with van der Waals surface area (Å²) in [7, 11) is 3.50. The molecule has 2 aliphatic heterocycles. The first-order valence-corrected chi connectivity index (χ1v) is 10.3. The van der Waals surface area contributed by atoms with Gasteiger partial charge in [-0.15, -0.1) is 24.0 Å². The zero-order valence-electron chi connectivity index (χ0n) is 17.1. The number of carbonyl (C=O) groups excluding carboxylic acids is 1. The number of hydrogen-bond donors (Lipinski definition) is 1. The maximum atomic E-state index is 12.0. The summed E-state index contributed by atoms with van der Waals surface area (Å²) in [5, 5.41) is 4.20. The Bertz CT molecular complexity index is 689. The van der Waals surface area contributed by atoms with Crippen molar-refractivity contribution in [2.24, 2.45) is 4.99 Å². The molecular formula is C20H31ClIN5O2. The van der Waals surface area contributed by atoms with E-state index in [1.807, 2.05) is 18.2 Å². The van der Waals surface area contributed by atoms with E-state index >= 15 is 0 Å². The van der Waals surface area contributed by atoms with Crippen molar-refractivity contribution in [1.29, 1.82) is 0 Å². The highest BCUT2D eigenvalue weighted by atomic mass is 127. The first kappa shape index (κ1) is 24.0. The number of piperazine rings is 1. The number of aliphatic imine (C=N–C) groups is 1. The molecule has 0 aromatic heterocycles. The predicted molar refractivity (Wildman–Crippen MR) is 129 cm³/mol. The van der Waals surface area contributed by atoms with Crippen LogP contribution in [0.15, 0.2) is 29.3 Å². The van der Waals surface area contributed by atoms with Crippen molar-refractivity contribution in [1.82, 2.24) is 15.1 Å². The Morgan fingerprint density at radius 3 is 2.62 bits per heavy atom. The van der Waals surface area contributed by atoms with Gasteiger partial charge in [-0.3, -0.25) is 4.79 Å². The van der Waals surface area contributed by atoms with Crippen molar-refractivity contribution in [3.8, 4) is 0 Å². The molecule has 9 heteroatoms. The lowest BCUT2D eigenvalue weighted by Crippen LogP contribution is -2.53. The van der Waals surface area contributed by atoms with Crippen molar-refractivity contribution in [2.75, 3.05) is 64.9 Å². The number of para-hydroxylation sites is 1. The fraction of sp³-hybridized carbons (Fsp3) is 0.600. The van der Waals surface area contributed by atoms with Gasteiger partial charge in [0.05, 0.1) is 16.8 Å². The van der Waals surface area contributed by atoms with E-state index in [4.69, 9.17) is 16.3 Å². The van der Waals surface area contributed by atoms with Gasteiger partial charge in [-0.1, -0.05) is 23.7 Å². The van der Waals surface area contributed by atoms with Gasteiger partial charge in [0.25, 0.3) is 0 Å². The Labute approximate surface area is 195 Å². The molecule has 0 saturated carbocycles. The van der Waals surface area contributed by atoms with Crippen LogP contribution in [0.1, 0.15) is 12.8 Å². The molecule has 1 N–H and O–H groups in total. The van der Waals surface area contributed by atoms with Crippen molar-refractivity contribution in [3.63, 3.8) is 0 Å². The molecule has 1 aromatic rings. The number of nitrogens with zero attached hydrogens (tertiary/aromatic N) is 4. The van der Waals surface area contributed by atoms with Gasteiger partial charge < -0.3 is 24.8 Å². The van der Waals surface area contributed by atoms with Gasteiger partial charge in [0.15, 0.2) is 5.96 Å². The number of ether oxygens (including phenoxy) is 1. The third-order valence-electron chi connectivity index (χ3n) is 5.15. The number of anilines is 1. The summed E-state index contributed by atoms with van der Waals surface area (Å²) in [5.41, 5.74) is 1.07. The zero-order valence-corrected chi connectivity index (χ0v) is 20.2. The Morgan fingerprint density at radius 2 is 2.00 bits per heavy atom. The number of nitrogens with one attached hydrogen (secondary N) is 1. The second-order valence-corrected chi connectivity index (χ2v) is 7.78. The molecule has 0 bridgehead atoms. The molecule has 1 aromatic carbocycles. The van der Waals surface area contributed by atoms with E-state index < -0.39 is 0 Å². The van der Waals surface area contributed by atoms with Crippen molar-refractivity contribution >= 4 is 53.1 Å². The predicted octanol–water partition coefficient (Wildman–Crippen LogP) is 2.29. The maximum Gasteiger partial charge on any atom is 0.243 e. The topological polar surface area (TPSA) is 60.4 Å². The minimum atomic E-state index is -0.00822. The summed E-state index contributed by atoms with van der Waals surface area (Å²) >= 11 is 6.35. The highest BCUT2D eigenvalue weighted by Gasteiger charge is 2.23. The van der Waals surface area contributed by atoms with Gasteiger partial charge in [-0.25, -0.2) is 4.99 Å². The Hall–Kier alpha value is -1.26. The molecule has 2 aliphatic rings. The van der Waals surface area contributed by atoms with Crippen molar-refractivity contribution in [2.45, 2.75) is 18.9 Å². The lowest BCUT2D eigenvalue weighted by atomic mass is 10.2. The average Bonchev–Trinajstić information content (AvgIpc) is 3.22. The molecular weight excluding hydrogens is 505 g/mol. The largest absolute Gasteiger partial charge is 0.376 e. The molecule has 162 valence electrons. The molecule has 2 heterocycles. The van der Waals surface area contributed by atoms with Crippen LogP contribution in [0.4, 0.5) is 5.69 Å². The van der Waals surface area contributed by atoms with Crippen molar-refractivity contribution in [3.05, 3.63) is 29.3 Å². The average molecular weight is 536 g/mol. The zero-order chi connectivity index (χ0) is 19.9. The van der Waals surface area contributed by atoms with Crippen LogP contribution in [-0.4, -0.2) is 87.7 Å². The lowest BCUT2D eigenvalue weighted by Gasteiger charge is -2.38. The number of halogens is 2. The SMILES string of the molecule is CN(C)C(=O)CN=C(NCC1CCCO1)N1CCN(c2ccccc2Cl)CC1.I. The van der Waals surface area contributed by atoms with Gasteiger partial charge in [0.2, 0.25) is 5.91 Å². The highest BCUT2D eigenvalue weighted by Crippen LogP contribution is 2.26. The molecule has 0 radical (unpaired) electrons. The second-order valence-electron chi connectivity index (χ2n) is 7.37. The fourth-order valence-corrected chi connectivity index (χ4v) is 3.68. The molecule has 0 aliphatic carbocycles. The number of likely N-dealkylation sites (N-methyl/N-ethyl adjacent to an activating group) is 1. The summed E-state index contributed by atoms with van der Waals surface area (Å²) in [6, 6.07) is 7.94. The summed E-state index contributed by atoms with van der Waals surface area (Å²) in [6.45, 7) is 5.04. The summed E-state index contributed by atoms with van der Waals surface area (Å²) in [5.74, 6) is 0.774. The first-order chi connectivity index (χ1) is 13.5. The van der Waals surface area contributed by atoms with Crippen LogP contribution in [0.2, 0.25) is 5.02 Å². The van der Waals surface area contributed by atoms with Gasteiger partial charge in [0, 0.05) is 53.4 Å². The number of carbonyl (C=O) groups is 1. The number of benzene rings is 1. The lowest BCUT2D eigenvalue weighted by molar-refractivity contribution is -0.127. The third kappa shape index (κ3) is 6.89. The van der Waals surface area contributed by atoms with Crippen LogP contribution >= 0.6 is 35.6 Å². The second kappa shape index (κ2) is 11.8. The molecule has 0 spiro atoms. The van der Waals surface area contributed by atoms with Gasteiger partial charge in [-0.05, 0) is 25.0 Å². The maximum absolute atomic E-state index is 12.0. The number of rotatable bonds is 5. The van der Waals surface area contributed by atoms with Gasteiger partial charge in [-0.2, -0.15) is 0 Å². The number of guanidine groups is 1. The summed E-state index contributed by atoms with van der Waals surface area (Å²) < 4.78 is 5.71. The summed E-state index contributed by atoms with van der Waals surface area (Å²) in [4.78, 5) is 22.6. The van der Waals surface area contributed by atoms with Crippen molar-refractivity contribution < 1.29 is 9.53 Å². The Balaban J connectivity index is 0.00000300. The van der Waals surface area contributed by atoms with Crippen LogP contribution in [-0.2, 0) is 9.53 Å². The van der Waals surface area contributed by atoms with Crippen LogP contribution < -0.4 is 10.2 Å². The summed E-state index contributed by atoms with van der Waals surface area (Å²) in [6.07, 6.45) is 2.39.